The number of hydrogen-bond acceptors (Lipinski definition) is 3. The van der Waals surface area contributed by atoms with Gasteiger partial charge in [-0.15, -0.1) is 0 Å². The Kier molecular flexibility index (Phi) is 4.84. The Morgan fingerprint density at radius 1 is 1.30 bits per heavy atom. The number of likely N-dealkylation sites (tertiary alicyclic amines) is 1. The van der Waals surface area contributed by atoms with E-state index < -0.39 is 5.54 Å². The van der Waals surface area contributed by atoms with Crippen LogP contribution in [0.2, 0.25) is 0 Å². The number of piperidine rings is 1. The lowest BCUT2D eigenvalue weighted by molar-refractivity contribution is 0.0983. The van der Waals surface area contributed by atoms with Crippen LogP contribution < -0.4 is 5.73 Å². The van der Waals surface area contributed by atoms with E-state index in [1.165, 1.54) is 12.8 Å². The van der Waals surface area contributed by atoms with Crippen molar-refractivity contribution in [1.82, 2.24) is 4.90 Å². The van der Waals surface area contributed by atoms with Gasteiger partial charge in [-0.2, -0.15) is 0 Å². The minimum atomic E-state index is -0.622. The van der Waals surface area contributed by atoms with E-state index in [0.29, 0.717) is 5.41 Å². The molecule has 1 saturated heterocycles. The number of hydrogen-bond donors (Lipinski definition) is 2. The highest BCUT2D eigenvalue weighted by molar-refractivity contribution is 5.24. The lowest BCUT2D eigenvalue weighted by atomic mass is 9.83. The van der Waals surface area contributed by atoms with Gasteiger partial charge < -0.3 is 15.7 Å². The van der Waals surface area contributed by atoms with Crippen LogP contribution in [0.15, 0.2) is 30.3 Å². The molecule has 0 aromatic heterocycles. The van der Waals surface area contributed by atoms with E-state index in [1.54, 1.807) is 0 Å². The molecule has 2 rings (SSSR count). The van der Waals surface area contributed by atoms with Crippen LogP contribution in [0.4, 0.5) is 0 Å². The molecule has 3 nitrogen and oxygen atoms in total. The van der Waals surface area contributed by atoms with Crippen molar-refractivity contribution in [2.75, 3.05) is 26.2 Å². The van der Waals surface area contributed by atoms with Crippen LogP contribution in [-0.4, -0.2) is 36.2 Å². The van der Waals surface area contributed by atoms with Gasteiger partial charge in [0, 0.05) is 13.1 Å². The fourth-order valence-electron chi connectivity index (χ4n) is 3.18. The van der Waals surface area contributed by atoms with Crippen LogP contribution in [0, 0.1) is 5.41 Å². The Morgan fingerprint density at radius 3 is 2.60 bits per heavy atom. The molecule has 1 aromatic carbocycles. The Morgan fingerprint density at radius 2 is 2.00 bits per heavy atom. The third kappa shape index (κ3) is 3.81. The molecule has 20 heavy (non-hydrogen) atoms. The van der Waals surface area contributed by atoms with Crippen molar-refractivity contribution >= 4 is 0 Å². The molecule has 1 aliphatic heterocycles. The average Bonchev–Trinajstić information content (AvgIpc) is 2.45. The highest BCUT2D eigenvalue weighted by Gasteiger charge is 2.30. The van der Waals surface area contributed by atoms with E-state index in [0.717, 1.165) is 31.6 Å². The van der Waals surface area contributed by atoms with Gasteiger partial charge in [-0.1, -0.05) is 44.2 Å². The highest BCUT2D eigenvalue weighted by Crippen LogP contribution is 2.29. The number of rotatable bonds is 5. The number of nitrogens with two attached hydrogens (primary N) is 1. The third-order valence-electron chi connectivity index (χ3n) is 4.48. The first-order chi connectivity index (χ1) is 9.45. The Balaban J connectivity index is 1.97. The van der Waals surface area contributed by atoms with Gasteiger partial charge in [0.05, 0.1) is 12.1 Å². The second kappa shape index (κ2) is 6.25. The molecule has 1 fully saturated rings. The summed E-state index contributed by atoms with van der Waals surface area (Å²) in [6.07, 6.45) is 3.36. The summed E-state index contributed by atoms with van der Waals surface area (Å²) in [6.45, 7) is 7.89. The standard InChI is InChI=1S/C17H28N2O/c1-16(2)9-6-11-19(13-16)12-10-17(18,14-20)15-7-4-3-5-8-15/h3-5,7-8,20H,6,9-14,18H2,1-2H3. The van der Waals surface area contributed by atoms with Gasteiger partial charge in [-0.05, 0) is 36.8 Å². The Labute approximate surface area is 122 Å². The smallest absolute Gasteiger partial charge is 0.0656 e. The van der Waals surface area contributed by atoms with E-state index in [-0.39, 0.29) is 6.61 Å². The maximum absolute atomic E-state index is 9.73. The summed E-state index contributed by atoms with van der Waals surface area (Å²) in [5.41, 5.74) is 7.24. The third-order valence-corrected chi connectivity index (χ3v) is 4.48. The fourth-order valence-corrected chi connectivity index (χ4v) is 3.18. The quantitative estimate of drug-likeness (QED) is 0.868. The van der Waals surface area contributed by atoms with Crippen molar-refractivity contribution in [3.8, 4) is 0 Å². The first-order valence-corrected chi connectivity index (χ1v) is 7.63. The van der Waals surface area contributed by atoms with Crippen LogP contribution in [0.5, 0.6) is 0 Å². The molecule has 1 heterocycles. The molecule has 3 heteroatoms. The summed E-state index contributed by atoms with van der Waals surface area (Å²) in [5.74, 6) is 0. The van der Waals surface area contributed by atoms with Gasteiger partial charge in [0.15, 0.2) is 0 Å². The van der Waals surface area contributed by atoms with Crippen molar-refractivity contribution in [2.45, 2.75) is 38.6 Å². The number of aliphatic hydroxyl groups excluding tert-OH is 1. The van der Waals surface area contributed by atoms with Gasteiger partial charge in [0.25, 0.3) is 0 Å². The minimum absolute atomic E-state index is 0.00571. The summed E-state index contributed by atoms with van der Waals surface area (Å²) in [5, 5.41) is 9.73. The van der Waals surface area contributed by atoms with Crippen molar-refractivity contribution in [1.29, 1.82) is 0 Å². The molecule has 3 N–H and O–H groups in total. The number of benzene rings is 1. The first-order valence-electron chi connectivity index (χ1n) is 7.63. The molecule has 0 bridgehead atoms. The molecule has 0 spiro atoms. The van der Waals surface area contributed by atoms with Crippen LogP contribution in [0.25, 0.3) is 0 Å². The second-order valence-electron chi connectivity index (χ2n) is 6.97. The van der Waals surface area contributed by atoms with Crippen LogP contribution in [0.3, 0.4) is 0 Å². The van der Waals surface area contributed by atoms with Crippen LogP contribution >= 0.6 is 0 Å². The topological polar surface area (TPSA) is 49.5 Å². The summed E-state index contributed by atoms with van der Waals surface area (Å²) in [4.78, 5) is 2.49. The van der Waals surface area contributed by atoms with Crippen molar-refractivity contribution in [3.63, 3.8) is 0 Å². The molecule has 1 atom stereocenters. The molecule has 0 aliphatic carbocycles. The second-order valence-corrected chi connectivity index (χ2v) is 6.97. The van der Waals surface area contributed by atoms with Gasteiger partial charge in [-0.25, -0.2) is 0 Å². The van der Waals surface area contributed by atoms with Gasteiger partial charge >= 0.3 is 0 Å². The predicted molar refractivity (Wildman–Crippen MR) is 83.5 cm³/mol. The van der Waals surface area contributed by atoms with E-state index >= 15 is 0 Å². The van der Waals surface area contributed by atoms with Crippen molar-refractivity contribution in [2.24, 2.45) is 11.1 Å². The van der Waals surface area contributed by atoms with E-state index in [2.05, 4.69) is 18.7 Å². The zero-order chi connectivity index (χ0) is 14.6. The number of nitrogens with zero attached hydrogens (tertiary/aromatic N) is 1. The highest BCUT2D eigenvalue weighted by atomic mass is 16.3. The largest absolute Gasteiger partial charge is 0.394 e. The number of aliphatic hydroxyl groups is 1. The summed E-state index contributed by atoms with van der Waals surface area (Å²) in [6, 6.07) is 9.97. The van der Waals surface area contributed by atoms with E-state index in [9.17, 15) is 5.11 Å². The van der Waals surface area contributed by atoms with Crippen molar-refractivity contribution < 1.29 is 5.11 Å². The minimum Gasteiger partial charge on any atom is -0.394 e. The normalized spacial score (nSPS) is 22.4. The lowest BCUT2D eigenvalue weighted by Crippen LogP contribution is -2.46. The first kappa shape index (κ1) is 15.5. The van der Waals surface area contributed by atoms with Crippen LogP contribution in [0.1, 0.15) is 38.7 Å². The lowest BCUT2D eigenvalue weighted by Gasteiger charge is -2.39. The molecule has 0 amide bonds. The fraction of sp³-hybridized carbons (Fsp3) is 0.647. The summed E-state index contributed by atoms with van der Waals surface area (Å²) >= 11 is 0. The Hall–Kier alpha value is -0.900. The summed E-state index contributed by atoms with van der Waals surface area (Å²) < 4.78 is 0. The molecule has 0 saturated carbocycles. The van der Waals surface area contributed by atoms with Gasteiger partial charge in [0.1, 0.15) is 0 Å². The molecule has 112 valence electrons. The maximum Gasteiger partial charge on any atom is 0.0656 e. The molecule has 0 radical (unpaired) electrons. The SMILES string of the molecule is CC1(C)CCCN(CCC(N)(CO)c2ccccc2)C1. The summed E-state index contributed by atoms with van der Waals surface area (Å²) in [7, 11) is 0. The Bertz CT molecular complexity index is 418. The molecule has 1 aromatic rings. The van der Waals surface area contributed by atoms with Crippen molar-refractivity contribution in [3.05, 3.63) is 35.9 Å². The maximum atomic E-state index is 9.73. The van der Waals surface area contributed by atoms with E-state index in [4.69, 9.17) is 5.73 Å². The predicted octanol–water partition coefficient (Wildman–Crippen LogP) is 2.35. The average molecular weight is 276 g/mol. The zero-order valence-corrected chi connectivity index (χ0v) is 12.8. The van der Waals surface area contributed by atoms with Gasteiger partial charge in [-0.3, -0.25) is 0 Å². The molecular formula is C17H28N2O. The zero-order valence-electron chi connectivity index (χ0n) is 12.8. The van der Waals surface area contributed by atoms with Crippen LogP contribution in [-0.2, 0) is 5.54 Å². The molecular weight excluding hydrogens is 248 g/mol. The molecule has 1 aliphatic rings. The monoisotopic (exact) mass is 276 g/mol. The molecule has 1 unspecified atom stereocenters. The van der Waals surface area contributed by atoms with Gasteiger partial charge in [0.2, 0.25) is 0 Å². The van der Waals surface area contributed by atoms with E-state index in [1.807, 2.05) is 30.3 Å².